The van der Waals surface area contributed by atoms with Crippen molar-refractivity contribution < 1.29 is 4.79 Å². The number of nitrogens with zero attached hydrogens (tertiary/aromatic N) is 1. The third kappa shape index (κ3) is 3.16. The molecule has 1 heterocycles. The maximum absolute atomic E-state index is 11.8. The Hall–Kier alpha value is -0.240. The average Bonchev–Trinajstić information content (AvgIpc) is 2.25. The van der Waals surface area contributed by atoms with Gasteiger partial charge in [-0.2, -0.15) is 0 Å². The summed E-state index contributed by atoms with van der Waals surface area (Å²) < 4.78 is 0. The van der Waals surface area contributed by atoms with E-state index in [1.54, 1.807) is 0 Å². The van der Waals surface area contributed by atoms with Gasteiger partial charge in [0, 0.05) is 24.9 Å². The zero-order valence-corrected chi connectivity index (χ0v) is 9.72. The molecule has 1 fully saturated rings. The van der Waals surface area contributed by atoms with E-state index in [0.717, 1.165) is 32.2 Å². The lowest BCUT2D eigenvalue weighted by Crippen LogP contribution is -2.44. The molecule has 3 heteroatoms. The molecule has 0 radical (unpaired) electrons. The van der Waals surface area contributed by atoms with Crippen molar-refractivity contribution >= 4 is 17.5 Å². The molecule has 1 aliphatic rings. The molecule has 0 N–H and O–H groups in total. The van der Waals surface area contributed by atoms with Crippen molar-refractivity contribution in [3.8, 4) is 0 Å². The Kier molecular flexibility index (Phi) is 5.31. The summed E-state index contributed by atoms with van der Waals surface area (Å²) in [6.45, 7) is 3.03. The number of carbonyl (C=O) groups excluding carboxylic acids is 1. The highest BCUT2D eigenvalue weighted by atomic mass is 35.5. The zero-order valence-electron chi connectivity index (χ0n) is 8.97. The highest BCUT2D eigenvalue weighted by Crippen LogP contribution is 2.19. The number of halogens is 1. The van der Waals surface area contributed by atoms with Gasteiger partial charge < -0.3 is 4.90 Å². The minimum Gasteiger partial charge on any atom is -0.339 e. The van der Waals surface area contributed by atoms with Crippen LogP contribution in [0.25, 0.3) is 0 Å². The minimum absolute atomic E-state index is 0.301. The number of carbonyl (C=O) groups is 1. The molecule has 1 amide bonds. The molecule has 1 saturated heterocycles. The Morgan fingerprint density at radius 1 is 1.50 bits per heavy atom. The molecule has 1 rings (SSSR count). The van der Waals surface area contributed by atoms with Crippen molar-refractivity contribution in [2.24, 2.45) is 0 Å². The van der Waals surface area contributed by atoms with E-state index in [1.807, 2.05) is 4.90 Å². The molecular weight excluding hydrogens is 198 g/mol. The number of hydrogen-bond acceptors (Lipinski definition) is 1. The van der Waals surface area contributed by atoms with E-state index in [9.17, 15) is 4.79 Å². The van der Waals surface area contributed by atoms with Crippen LogP contribution in [0.4, 0.5) is 0 Å². The van der Waals surface area contributed by atoms with E-state index in [2.05, 4.69) is 6.92 Å². The average molecular weight is 218 g/mol. The van der Waals surface area contributed by atoms with Crippen LogP contribution >= 0.6 is 11.6 Å². The number of alkyl halides is 1. The van der Waals surface area contributed by atoms with Gasteiger partial charge in [0.2, 0.25) is 5.91 Å². The van der Waals surface area contributed by atoms with Gasteiger partial charge in [0.05, 0.1) is 0 Å². The molecule has 0 spiro atoms. The first-order valence-electron chi connectivity index (χ1n) is 5.65. The fraction of sp³-hybridized carbons (Fsp3) is 0.909. The molecule has 1 unspecified atom stereocenters. The summed E-state index contributed by atoms with van der Waals surface area (Å²) in [4.78, 5) is 13.8. The normalized spacial score (nSPS) is 22.4. The van der Waals surface area contributed by atoms with Crippen molar-refractivity contribution in [3.63, 3.8) is 0 Å². The standard InChI is InChI=1S/C11H20ClNO/c1-2-3-7-11(14)13-8-5-4-6-10(13)9-12/h10H,2-9H2,1H3. The van der Waals surface area contributed by atoms with Crippen LogP contribution in [-0.4, -0.2) is 29.3 Å². The summed E-state index contributed by atoms with van der Waals surface area (Å²) in [5, 5.41) is 0. The maximum atomic E-state index is 11.8. The number of amides is 1. The van der Waals surface area contributed by atoms with Gasteiger partial charge in [-0.1, -0.05) is 13.3 Å². The van der Waals surface area contributed by atoms with E-state index >= 15 is 0 Å². The first kappa shape index (κ1) is 11.8. The molecule has 0 bridgehead atoms. The molecule has 1 atom stereocenters. The maximum Gasteiger partial charge on any atom is 0.222 e. The van der Waals surface area contributed by atoms with Crippen LogP contribution in [0, 0.1) is 0 Å². The van der Waals surface area contributed by atoms with Gasteiger partial charge >= 0.3 is 0 Å². The number of hydrogen-bond donors (Lipinski definition) is 0. The van der Waals surface area contributed by atoms with Gasteiger partial charge in [-0.3, -0.25) is 4.79 Å². The fourth-order valence-electron chi connectivity index (χ4n) is 1.96. The van der Waals surface area contributed by atoms with Crippen LogP contribution in [0.3, 0.4) is 0 Å². The zero-order chi connectivity index (χ0) is 10.4. The second kappa shape index (κ2) is 6.28. The van der Waals surface area contributed by atoms with E-state index in [0.29, 0.717) is 24.2 Å². The van der Waals surface area contributed by atoms with E-state index in [1.165, 1.54) is 6.42 Å². The molecule has 2 nitrogen and oxygen atoms in total. The Morgan fingerprint density at radius 2 is 2.29 bits per heavy atom. The summed E-state index contributed by atoms with van der Waals surface area (Å²) >= 11 is 5.86. The third-order valence-electron chi connectivity index (χ3n) is 2.87. The van der Waals surface area contributed by atoms with Crippen LogP contribution in [0.5, 0.6) is 0 Å². The summed E-state index contributed by atoms with van der Waals surface area (Å²) in [6, 6.07) is 0.301. The van der Waals surface area contributed by atoms with Crippen LogP contribution in [0.2, 0.25) is 0 Å². The molecule has 0 saturated carbocycles. The first-order valence-corrected chi connectivity index (χ1v) is 6.18. The van der Waals surface area contributed by atoms with E-state index in [4.69, 9.17) is 11.6 Å². The van der Waals surface area contributed by atoms with E-state index in [-0.39, 0.29) is 0 Å². The van der Waals surface area contributed by atoms with E-state index < -0.39 is 0 Å². The van der Waals surface area contributed by atoms with Crippen molar-refractivity contribution in [2.45, 2.75) is 51.5 Å². The summed E-state index contributed by atoms with van der Waals surface area (Å²) in [5.41, 5.74) is 0. The Balaban J connectivity index is 2.41. The second-order valence-electron chi connectivity index (χ2n) is 3.99. The smallest absolute Gasteiger partial charge is 0.222 e. The van der Waals surface area contributed by atoms with Crippen molar-refractivity contribution in [2.75, 3.05) is 12.4 Å². The highest BCUT2D eigenvalue weighted by Gasteiger charge is 2.24. The predicted octanol–water partition coefficient (Wildman–Crippen LogP) is 2.80. The van der Waals surface area contributed by atoms with Gasteiger partial charge in [0.1, 0.15) is 0 Å². The topological polar surface area (TPSA) is 20.3 Å². The number of rotatable bonds is 4. The summed E-state index contributed by atoms with van der Waals surface area (Å²) in [6.07, 6.45) is 6.24. The SMILES string of the molecule is CCCCC(=O)N1CCCCC1CCl. The Bertz CT molecular complexity index is 184. The molecule has 0 aromatic heterocycles. The highest BCUT2D eigenvalue weighted by molar-refractivity contribution is 6.18. The Morgan fingerprint density at radius 3 is 2.93 bits per heavy atom. The van der Waals surface area contributed by atoms with Crippen LogP contribution in [0.15, 0.2) is 0 Å². The third-order valence-corrected chi connectivity index (χ3v) is 3.23. The Labute approximate surface area is 91.6 Å². The minimum atomic E-state index is 0.301. The van der Waals surface area contributed by atoms with Crippen molar-refractivity contribution in [1.82, 2.24) is 4.90 Å². The predicted molar refractivity (Wildman–Crippen MR) is 59.6 cm³/mol. The molecule has 0 aromatic rings. The first-order chi connectivity index (χ1) is 6.79. The van der Waals surface area contributed by atoms with Crippen LogP contribution in [0.1, 0.15) is 45.4 Å². The number of piperidine rings is 1. The van der Waals surface area contributed by atoms with Crippen LogP contribution < -0.4 is 0 Å². The van der Waals surface area contributed by atoms with Gasteiger partial charge in [-0.25, -0.2) is 0 Å². The van der Waals surface area contributed by atoms with Crippen molar-refractivity contribution in [1.29, 1.82) is 0 Å². The summed E-state index contributed by atoms with van der Waals surface area (Å²) in [7, 11) is 0. The number of unbranched alkanes of at least 4 members (excludes halogenated alkanes) is 1. The quantitative estimate of drug-likeness (QED) is 0.664. The van der Waals surface area contributed by atoms with Crippen LogP contribution in [-0.2, 0) is 4.79 Å². The van der Waals surface area contributed by atoms with Crippen molar-refractivity contribution in [3.05, 3.63) is 0 Å². The fourth-order valence-corrected chi connectivity index (χ4v) is 2.28. The monoisotopic (exact) mass is 217 g/mol. The molecule has 82 valence electrons. The van der Waals surface area contributed by atoms with Gasteiger partial charge in [-0.15, -0.1) is 11.6 Å². The molecule has 0 aromatic carbocycles. The summed E-state index contributed by atoms with van der Waals surface area (Å²) in [5.74, 6) is 0.898. The lowest BCUT2D eigenvalue weighted by atomic mass is 10.0. The lowest BCUT2D eigenvalue weighted by molar-refractivity contribution is -0.134. The number of likely N-dealkylation sites (tertiary alicyclic amines) is 1. The second-order valence-corrected chi connectivity index (χ2v) is 4.30. The molecule has 0 aliphatic carbocycles. The molecule has 14 heavy (non-hydrogen) atoms. The molecule has 1 aliphatic heterocycles. The van der Waals surface area contributed by atoms with Gasteiger partial charge in [0.15, 0.2) is 0 Å². The molecular formula is C11H20ClNO. The van der Waals surface area contributed by atoms with Gasteiger partial charge in [-0.05, 0) is 25.7 Å². The lowest BCUT2D eigenvalue weighted by Gasteiger charge is -2.34. The van der Waals surface area contributed by atoms with Gasteiger partial charge in [0.25, 0.3) is 0 Å². The largest absolute Gasteiger partial charge is 0.339 e.